The number of hydrogen-bond acceptors (Lipinski definition) is 6. The number of urea groups is 1. The van der Waals surface area contributed by atoms with Crippen LogP contribution in [0.15, 0.2) is 18.2 Å². The summed E-state index contributed by atoms with van der Waals surface area (Å²) in [6, 6.07) is 4.16. The maximum absolute atomic E-state index is 13.9. The first-order valence-corrected chi connectivity index (χ1v) is 10.9. The molecule has 29 heavy (non-hydrogen) atoms. The molecule has 1 aromatic rings. The SMILES string of the molecule is CC(O)(CNSCCCCN1CC(=O)NC1=O)c1ccc(F)c(OCC2CC2)c1. The zero-order valence-electron chi connectivity index (χ0n) is 16.6. The number of benzene rings is 1. The first-order chi connectivity index (χ1) is 13.8. The first kappa shape index (κ1) is 21.9. The Bertz CT molecular complexity index is 742. The summed E-state index contributed by atoms with van der Waals surface area (Å²) in [6.45, 7) is 3.19. The molecule has 1 aliphatic carbocycles. The predicted molar refractivity (Wildman–Crippen MR) is 109 cm³/mol. The van der Waals surface area contributed by atoms with Gasteiger partial charge in [-0.15, -0.1) is 0 Å². The van der Waals surface area contributed by atoms with Crippen LogP contribution < -0.4 is 14.8 Å². The summed E-state index contributed by atoms with van der Waals surface area (Å²) in [5.74, 6) is 0.846. The Morgan fingerprint density at radius 1 is 1.38 bits per heavy atom. The highest BCUT2D eigenvalue weighted by Crippen LogP contribution is 2.32. The van der Waals surface area contributed by atoms with Crippen molar-refractivity contribution >= 4 is 23.9 Å². The lowest BCUT2D eigenvalue weighted by Gasteiger charge is -2.25. The van der Waals surface area contributed by atoms with Gasteiger partial charge >= 0.3 is 6.03 Å². The Morgan fingerprint density at radius 3 is 2.86 bits per heavy atom. The van der Waals surface area contributed by atoms with E-state index in [1.807, 2.05) is 0 Å². The van der Waals surface area contributed by atoms with E-state index in [4.69, 9.17) is 4.74 Å². The number of carbonyl (C=O) groups excluding carboxylic acids is 2. The van der Waals surface area contributed by atoms with Gasteiger partial charge in [0.2, 0.25) is 5.91 Å². The van der Waals surface area contributed by atoms with E-state index < -0.39 is 11.4 Å². The number of aliphatic hydroxyl groups is 1. The molecule has 2 fully saturated rings. The number of imide groups is 1. The highest BCUT2D eigenvalue weighted by molar-refractivity contribution is 7.97. The van der Waals surface area contributed by atoms with Gasteiger partial charge in [0.15, 0.2) is 11.6 Å². The van der Waals surface area contributed by atoms with Crippen molar-refractivity contribution in [2.75, 3.05) is 32.0 Å². The van der Waals surface area contributed by atoms with Crippen LogP contribution in [0.5, 0.6) is 5.75 Å². The maximum Gasteiger partial charge on any atom is 0.324 e. The molecular weight excluding hydrogens is 397 g/mol. The normalized spacial score (nSPS) is 18.7. The Balaban J connectivity index is 1.35. The number of halogens is 1. The van der Waals surface area contributed by atoms with Gasteiger partial charge < -0.3 is 14.7 Å². The third-order valence-electron chi connectivity index (χ3n) is 5.04. The molecule has 0 bridgehead atoms. The average molecular weight is 426 g/mol. The molecule has 1 atom stereocenters. The Kier molecular flexibility index (Phi) is 7.37. The lowest BCUT2D eigenvalue weighted by Crippen LogP contribution is -2.32. The Hall–Kier alpha value is -1.84. The summed E-state index contributed by atoms with van der Waals surface area (Å²) in [7, 11) is 0. The second kappa shape index (κ2) is 9.77. The number of nitrogens with one attached hydrogen (secondary N) is 2. The van der Waals surface area contributed by atoms with Crippen molar-refractivity contribution < 1.29 is 23.8 Å². The van der Waals surface area contributed by atoms with E-state index in [0.29, 0.717) is 31.2 Å². The fraction of sp³-hybridized carbons (Fsp3) is 0.600. The summed E-state index contributed by atoms with van der Waals surface area (Å²) < 4.78 is 22.6. The third-order valence-corrected chi connectivity index (χ3v) is 5.88. The second-order valence-electron chi connectivity index (χ2n) is 7.83. The van der Waals surface area contributed by atoms with Crippen LogP contribution in [0.3, 0.4) is 0 Å². The van der Waals surface area contributed by atoms with E-state index in [1.165, 1.54) is 22.9 Å². The second-order valence-corrected chi connectivity index (χ2v) is 8.81. The molecular formula is C20H28FN3O4S. The minimum absolute atomic E-state index is 0.136. The van der Waals surface area contributed by atoms with Crippen molar-refractivity contribution in [3.63, 3.8) is 0 Å². The van der Waals surface area contributed by atoms with Crippen molar-refractivity contribution in [1.29, 1.82) is 0 Å². The number of rotatable bonds is 12. The number of carbonyl (C=O) groups is 2. The zero-order valence-corrected chi connectivity index (χ0v) is 17.4. The molecule has 1 aromatic carbocycles. The van der Waals surface area contributed by atoms with E-state index in [2.05, 4.69) is 10.0 Å². The topological polar surface area (TPSA) is 90.9 Å². The summed E-state index contributed by atoms with van der Waals surface area (Å²) in [6.07, 6.45) is 3.92. The van der Waals surface area contributed by atoms with Crippen LogP contribution in [-0.2, 0) is 10.4 Å². The third kappa shape index (κ3) is 6.58. The van der Waals surface area contributed by atoms with Gasteiger partial charge in [0, 0.05) is 18.8 Å². The summed E-state index contributed by atoms with van der Waals surface area (Å²) >= 11 is 1.49. The van der Waals surface area contributed by atoms with E-state index >= 15 is 0 Å². The van der Waals surface area contributed by atoms with E-state index in [1.54, 1.807) is 19.1 Å². The highest BCUT2D eigenvalue weighted by atomic mass is 32.2. The van der Waals surface area contributed by atoms with Gasteiger partial charge in [-0.25, -0.2) is 9.18 Å². The molecule has 160 valence electrons. The molecule has 1 saturated carbocycles. The van der Waals surface area contributed by atoms with Crippen molar-refractivity contribution in [2.24, 2.45) is 5.92 Å². The summed E-state index contributed by atoms with van der Waals surface area (Å²) in [5.41, 5.74) is -0.561. The molecule has 0 radical (unpaired) electrons. The Morgan fingerprint density at radius 2 is 2.17 bits per heavy atom. The van der Waals surface area contributed by atoms with Gasteiger partial charge in [-0.05, 0) is 56.2 Å². The predicted octanol–water partition coefficient (Wildman–Crippen LogP) is 2.39. The minimum atomic E-state index is -1.16. The number of nitrogens with zero attached hydrogens (tertiary/aromatic N) is 1. The van der Waals surface area contributed by atoms with Crippen molar-refractivity contribution in [3.8, 4) is 5.75 Å². The molecule has 0 spiro atoms. The number of amides is 3. The highest BCUT2D eigenvalue weighted by Gasteiger charge is 2.27. The molecule has 2 aliphatic rings. The van der Waals surface area contributed by atoms with E-state index in [-0.39, 0.29) is 24.2 Å². The molecule has 1 saturated heterocycles. The molecule has 9 heteroatoms. The van der Waals surface area contributed by atoms with Crippen LogP contribution in [0.4, 0.5) is 9.18 Å². The fourth-order valence-corrected chi connectivity index (χ4v) is 3.82. The van der Waals surface area contributed by atoms with Crippen molar-refractivity contribution in [2.45, 2.75) is 38.2 Å². The van der Waals surface area contributed by atoms with Crippen molar-refractivity contribution in [1.82, 2.24) is 14.9 Å². The minimum Gasteiger partial charge on any atom is -0.490 e. The molecule has 3 amide bonds. The van der Waals surface area contributed by atoms with Crippen molar-refractivity contribution in [3.05, 3.63) is 29.6 Å². The molecule has 3 rings (SSSR count). The lowest BCUT2D eigenvalue weighted by atomic mass is 9.96. The molecule has 1 unspecified atom stereocenters. The monoisotopic (exact) mass is 425 g/mol. The van der Waals surface area contributed by atoms with Gasteiger partial charge in [0.25, 0.3) is 0 Å². The average Bonchev–Trinajstić information content (AvgIpc) is 3.44. The molecule has 1 aliphatic heterocycles. The lowest BCUT2D eigenvalue weighted by molar-refractivity contribution is -0.118. The van der Waals surface area contributed by atoms with Crippen LogP contribution in [0.25, 0.3) is 0 Å². The quantitative estimate of drug-likeness (QED) is 0.271. The smallest absolute Gasteiger partial charge is 0.324 e. The molecule has 7 nitrogen and oxygen atoms in total. The van der Waals surface area contributed by atoms with Gasteiger partial charge in [-0.1, -0.05) is 18.0 Å². The van der Waals surface area contributed by atoms with Crippen LogP contribution in [0.2, 0.25) is 0 Å². The van der Waals surface area contributed by atoms with Crippen LogP contribution >= 0.6 is 11.9 Å². The standard InChI is InChI=1S/C20H28FN3O4S/c1-20(27,15-6-7-16(21)17(10-15)28-12-14-4-5-14)13-22-29-9-3-2-8-24-11-18(25)23-19(24)26/h6-7,10,14,22,27H,2-5,8-9,11-13H2,1H3,(H,23,25,26). The Labute approximate surface area is 174 Å². The summed E-state index contributed by atoms with van der Waals surface area (Å²) in [4.78, 5) is 24.1. The number of unbranched alkanes of at least 4 members (excludes halogenated alkanes) is 1. The fourth-order valence-electron chi connectivity index (χ4n) is 2.95. The van der Waals surface area contributed by atoms with Gasteiger partial charge in [-0.2, -0.15) is 0 Å². The zero-order chi connectivity index (χ0) is 20.9. The van der Waals surface area contributed by atoms with Gasteiger partial charge in [0.1, 0.15) is 12.1 Å². The van der Waals surface area contributed by atoms with Crippen LogP contribution in [0.1, 0.15) is 38.2 Å². The number of hydrogen-bond donors (Lipinski definition) is 3. The summed E-state index contributed by atoms with van der Waals surface area (Å²) in [5, 5.41) is 13.0. The first-order valence-electron chi connectivity index (χ1n) is 9.94. The van der Waals surface area contributed by atoms with Gasteiger partial charge in [0.05, 0.1) is 6.61 Å². The van der Waals surface area contributed by atoms with Crippen LogP contribution in [0, 0.1) is 11.7 Å². The number of ether oxygens (including phenoxy) is 1. The largest absolute Gasteiger partial charge is 0.490 e. The van der Waals surface area contributed by atoms with E-state index in [9.17, 15) is 19.1 Å². The van der Waals surface area contributed by atoms with Crippen LogP contribution in [-0.4, -0.2) is 53.9 Å². The van der Waals surface area contributed by atoms with Gasteiger partial charge in [-0.3, -0.25) is 14.8 Å². The molecule has 1 heterocycles. The molecule has 0 aromatic heterocycles. The molecule has 3 N–H and O–H groups in total. The maximum atomic E-state index is 13.9. The van der Waals surface area contributed by atoms with E-state index in [0.717, 1.165) is 31.4 Å².